The number of carbonyl (C=O) groups excluding carboxylic acids is 2. The van der Waals surface area contributed by atoms with Gasteiger partial charge >= 0.3 is 0 Å². The summed E-state index contributed by atoms with van der Waals surface area (Å²) in [6.45, 7) is 1.86. The van der Waals surface area contributed by atoms with Crippen molar-refractivity contribution in [3.63, 3.8) is 0 Å². The van der Waals surface area contributed by atoms with Crippen LogP contribution in [0.25, 0.3) is 0 Å². The van der Waals surface area contributed by atoms with Crippen LogP contribution in [-0.2, 0) is 4.79 Å². The van der Waals surface area contributed by atoms with E-state index in [4.69, 9.17) is 4.42 Å². The summed E-state index contributed by atoms with van der Waals surface area (Å²) in [6.07, 6.45) is 1.47. The molecule has 5 nitrogen and oxygen atoms in total. The third-order valence-corrected chi connectivity index (χ3v) is 3.77. The lowest BCUT2D eigenvalue weighted by molar-refractivity contribution is -0.131. The van der Waals surface area contributed by atoms with Crippen molar-refractivity contribution in [1.82, 2.24) is 10.2 Å². The van der Waals surface area contributed by atoms with Crippen LogP contribution in [0.3, 0.4) is 0 Å². The van der Waals surface area contributed by atoms with Gasteiger partial charge in [-0.3, -0.25) is 9.59 Å². The average molecular weight is 336 g/mol. The Balaban J connectivity index is 1.87. The van der Waals surface area contributed by atoms with Crippen LogP contribution in [0.5, 0.6) is 0 Å². The first-order valence-electron chi connectivity index (χ1n) is 7.42. The Labute approximate surface area is 138 Å². The monoisotopic (exact) mass is 336 g/mol. The molecule has 0 saturated carbocycles. The SMILES string of the molecule is CC(c1ccc(F)c(F)c1)N(C)C(=O)CCNC(=O)c1ccco1. The molecule has 7 heteroatoms. The van der Waals surface area contributed by atoms with E-state index in [1.54, 1.807) is 20.0 Å². The highest BCUT2D eigenvalue weighted by atomic mass is 19.2. The molecule has 0 fully saturated rings. The van der Waals surface area contributed by atoms with Gasteiger partial charge in [-0.1, -0.05) is 6.07 Å². The first-order chi connectivity index (χ1) is 11.4. The van der Waals surface area contributed by atoms with Gasteiger partial charge in [0.25, 0.3) is 5.91 Å². The molecule has 128 valence electrons. The first kappa shape index (κ1) is 17.7. The molecule has 2 rings (SSSR count). The third kappa shape index (κ3) is 4.18. The Morgan fingerprint density at radius 3 is 2.62 bits per heavy atom. The minimum absolute atomic E-state index is 0.0803. The molecule has 0 aliphatic carbocycles. The molecule has 1 aromatic heterocycles. The number of halogens is 2. The Hall–Kier alpha value is -2.70. The molecule has 1 unspecified atom stereocenters. The quantitative estimate of drug-likeness (QED) is 0.882. The molecule has 1 aromatic carbocycles. The van der Waals surface area contributed by atoms with E-state index in [2.05, 4.69) is 5.32 Å². The minimum atomic E-state index is -0.953. The molecular weight excluding hydrogens is 318 g/mol. The van der Waals surface area contributed by atoms with E-state index in [9.17, 15) is 18.4 Å². The molecule has 1 atom stereocenters. The molecule has 24 heavy (non-hydrogen) atoms. The maximum Gasteiger partial charge on any atom is 0.286 e. The summed E-state index contributed by atoms with van der Waals surface area (Å²) in [5.41, 5.74) is 0.490. The fourth-order valence-corrected chi connectivity index (χ4v) is 2.17. The highest BCUT2D eigenvalue weighted by Gasteiger charge is 2.19. The van der Waals surface area contributed by atoms with Gasteiger partial charge in [-0.15, -0.1) is 0 Å². The topological polar surface area (TPSA) is 62.6 Å². The standard InChI is InChI=1S/C17H18F2N2O3/c1-11(12-5-6-13(18)14(19)10-12)21(2)16(22)7-8-20-17(23)15-4-3-9-24-15/h3-6,9-11H,7-8H2,1-2H3,(H,20,23). The molecular formula is C17H18F2N2O3. The van der Waals surface area contributed by atoms with Crippen LogP contribution in [-0.4, -0.2) is 30.3 Å². The summed E-state index contributed by atoms with van der Waals surface area (Å²) in [6, 6.07) is 6.23. The Kier molecular flexibility index (Phi) is 5.68. The molecule has 2 amide bonds. The van der Waals surface area contributed by atoms with Crippen molar-refractivity contribution in [2.75, 3.05) is 13.6 Å². The van der Waals surface area contributed by atoms with Crippen molar-refractivity contribution < 1.29 is 22.8 Å². The van der Waals surface area contributed by atoms with E-state index >= 15 is 0 Å². The number of amides is 2. The van der Waals surface area contributed by atoms with Crippen molar-refractivity contribution in [3.8, 4) is 0 Å². The van der Waals surface area contributed by atoms with Gasteiger partial charge in [0.05, 0.1) is 12.3 Å². The second-order valence-electron chi connectivity index (χ2n) is 5.34. The van der Waals surface area contributed by atoms with Crippen LogP contribution in [0.15, 0.2) is 41.0 Å². The van der Waals surface area contributed by atoms with E-state index in [1.807, 2.05) is 0 Å². The van der Waals surface area contributed by atoms with Crippen molar-refractivity contribution in [2.24, 2.45) is 0 Å². The lowest BCUT2D eigenvalue weighted by Gasteiger charge is -2.25. The van der Waals surface area contributed by atoms with Gasteiger partial charge in [0.2, 0.25) is 5.91 Å². The van der Waals surface area contributed by atoms with Crippen molar-refractivity contribution >= 4 is 11.8 Å². The van der Waals surface area contributed by atoms with Gasteiger partial charge < -0.3 is 14.6 Å². The van der Waals surface area contributed by atoms with Crippen molar-refractivity contribution in [3.05, 3.63) is 59.6 Å². The van der Waals surface area contributed by atoms with Crippen molar-refractivity contribution in [2.45, 2.75) is 19.4 Å². The smallest absolute Gasteiger partial charge is 0.286 e. The lowest BCUT2D eigenvalue weighted by Crippen LogP contribution is -2.33. The summed E-state index contributed by atoms with van der Waals surface area (Å²) >= 11 is 0. The number of nitrogens with zero attached hydrogens (tertiary/aromatic N) is 1. The predicted octanol–water partition coefficient (Wildman–Crippen LogP) is 2.90. The second-order valence-corrected chi connectivity index (χ2v) is 5.34. The number of benzene rings is 1. The van der Waals surface area contributed by atoms with Crippen LogP contribution in [0, 0.1) is 11.6 Å². The third-order valence-electron chi connectivity index (χ3n) is 3.77. The van der Waals surface area contributed by atoms with Crippen LogP contribution in [0.1, 0.15) is 35.5 Å². The summed E-state index contributed by atoms with van der Waals surface area (Å²) in [5, 5.41) is 2.58. The lowest BCUT2D eigenvalue weighted by atomic mass is 10.1. The van der Waals surface area contributed by atoms with E-state index in [-0.39, 0.29) is 24.6 Å². The zero-order valence-electron chi connectivity index (χ0n) is 13.4. The highest BCUT2D eigenvalue weighted by Crippen LogP contribution is 2.21. The Morgan fingerprint density at radius 1 is 1.25 bits per heavy atom. The molecule has 0 aliphatic heterocycles. The number of nitrogens with one attached hydrogen (secondary N) is 1. The summed E-state index contributed by atoms with van der Waals surface area (Å²) < 4.78 is 31.2. The summed E-state index contributed by atoms with van der Waals surface area (Å²) in [4.78, 5) is 25.3. The largest absolute Gasteiger partial charge is 0.459 e. The number of hydrogen-bond acceptors (Lipinski definition) is 3. The van der Waals surface area contributed by atoms with E-state index in [0.29, 0.717) is 5.56 Å². The molecule has 0 bridgehead atoms. The zero-order valence-corrected chi connectivity index (χ0v) is 13.4. The highest BCUT2D eigenvalue weighted by molar-refractivity contribution is 5.91. The van der Waals surface area contributed by atoms with Crippen LogP contribution < -0.4 is 5.32 Å². The van der Waals surface area contributed by atoms with E-state index in [1.165, 1.54) is 23.3 Å². The van der Waals surface area contributed by atoms with Gasteiger partial charge in [-0.2, -0.15) is 0 Å². The van der Waals surface area contributed by atoms with Crippen LogP contribution >= 0.6 is 0 Å². The average Bonchev–Trinajstić information content (AvgIpc) is 3.10. The van der Waals surface area contributed by atoms with Crippen LogP contribution in [0.2, 0.25) is 0 Å². The van der Waals surface area contributed by atoms with Gasteiger partial charge in [0.1, 0.15) is 0 Å². The fraction of sp³-hybridized carbons (Fsp3) is 0.294. The molecule has 0 saturated heterocycles. The zero-order chi connectivity index (χ0) is 17.7. The normalized spacial score (nSPS) is 11.8. The number of carbonyl (C=O) groups is 2. The Morgan fingerprint density at radius 2 is 2.00 bits per heavy atom. The van der Waals surface area contributed by atoms with Crippen LogP contribution in [0.4, 0.5) is 8.78 Å². The van der Waals surface area contributed by atoms with Gasteiger partial charge in [-0.25, -0.2) is 8.78 Å². The molecule has 0 radical (unpaired) electrons. The summed E-state index contributed by atoms with van der Waals surface area (Å²) in [7, 11) is 1.57. The van der Waals surface area contributed by atoms with Crippen molar-refractivity contribution in [1.29, 1.82) is 0 Å². The van der Waals surface area contributed by atoms with E-state index < -0.39 is 23.6 Å². The maximum atomic E-state index is 13.3. The fourth-order valence-electron chi connectivity index (χ4n) is 2.17. The molecule has 0 spiro atoms. The first-order valence-corrected chi connectivity index (χ1v) is 7.42. The molecule has 1 N–H and O–H groups in total. The molecule has 0 aliphatic rings. The summed E-state index contributed by atoms with van der Waals surface area (Å²) in [5.74, 6) is -2.34. The van der Waals surface area contributed by atoms with Gasteiger partial charge in [-0.05, 0) is 36.8 Å². The van der Waals surface area contributed by atoms with Gasteiger partial charge in [0, 0.05) is 20.0 Å². The van der Waals surface area contributed by atoms with E-state index in [0.717, 1.165) is 12.1 Å². The van der Waals surface area contributed by atoms with Gasteiger partial charge in [0.15, 0.2) is 17.4 Å². The second kappa shape index (κ2) is 7.72. The molecule has 1 heterocycles. The molecule has 2 aromatic rings. The number of rotatable bonds is 6. The predicted molar refractivity (Wildman–Crippen MR) is 83.2 cm³/mol. The maximum absolute atomic E-state index is 13.3. The number of furan rings is 1. The number of hydrogen-bond donors (Lipinski definition) is 1. The Bertz CT molecular complexity index is 717. The minimum Gasteiger partial charge on any atom is -0.459 e.